The number of benzene rings is 1. The lowest BCUT2D eigenvalue weighted by molar-refractivity contribution is -0.384. The maximum absolute atomic E-state index is 13.3. The Kier molecular flexibility index (Phi) is 5.33. The number of nitrogens with one attached hydrogen (secondary N) is 2. The molecule has 122 valence electrons. The molecule has 0 aliphatic carbocycles. The number of hydrogen-bond donors (Lipinski definition) is 3. The molecule has 0 unspecified atom stereocenters. The Morgan fingerprint density at radius 3 is 2.27 bits per heavy atom. The van der Waals surface area contributed by atoms with E-state index in [1.807, 2.05) is 0 Å². The second-order valence-electron chi connectivity index (χ2n) is 4.09. The Morgan fingerprint density at radius 2 is 1.82 bits per heavy atom. The van der Waals surface area contributed by atoms with Gasteiger partial charge in [-0.25, -0.2) is 26.7 Å². The summed E-state index contributed by atoms with van der Waals surface area (Å²) in [6.45, 7) is -2.59. The number of non-ortho nitro benzene ring substituents is 1. The van der Waals surface area contributed by atoms with Gasteiger partial charge in [-0.3, -0.25) is 10.1 Å². The van der Waals surface area contributed by atoms with Crippen LogP contribution in [0.4, 0.5) is 19.3 Å². The molecule has 1 amide bonds. The van der Waals surface area contributed by atoms with E-state index in [-0.39, 0.29) is 5.69 Å². The van der Waals surface area contributed by atoms with Gasteiger partial charge in [-0.1, -0.05) is 0 Å². The van der Waals surface area contributed by atoms with Crippen LogP contribution in [0.25, 0.3) is 0 Å². The molecular formula is C10H11F2N3O6S. The molecule has 1 aromatic rings. The zero-order valence-corrected chi connectivity index (χ0v) is 11.6. The molecule has 1 aromatic carbocycles. The van der Waals surface area contributed by atoms with E-state index >= 15 is 0 Å². The molecule has 0 saturated carbocycles. The first-order valence-corrected chi connectivity index (χ1v) is 7.10. The first kappa shape index (κ1) is 17.7. The summed E-state index contributed by atoms with van der Waals surface area (Å²) >= 11 is 0. The highest BCUT2D eigenvalue weighted by molar-refractivity contribution is 7.89. The molecule has 0 bridgehead atoms. The quantitative estimate of drug-likeness (QED) is 0.495. The van der Waals surface area contributed by atoms with E-state index in [2.05, 4.69) is 0 Å². The number of carboxylic acid groups (broad SMARTS) is 1. The number of rotatable bonds is 7. The smallest absolute Gasteiger partial charge is 0.404 e. The van der Waals surface area contributed by atoms with Crippen molar-refractivity contribution in [1.82, 2.24) is 10.0 Å². The number of nitro groups is 1. The molecule has 9 nitrogen and oxygen atoms in total. The van der Waals surface area contributed by atoms with Gasteiger partial charge >= 0.3 is 6.09 Å². The third-order valence-corrected chi connectivity index (χ3v) is 3.79. The molecular weight excluding hydrogens is 328 g/mol. The van der Waals surface area contributed by atoms with Crippen LogP contribution in [-0.2, 0) is 10.0 Å². The van der Waals surface area contributed by atoms with Crippen LogP contribution in [0.5, 0.6) is 0 Å². The second-order valence-corrected chi connectivity index (χ2v) is 5.86. The van der Waals surface area contributed by atoms with Crippen LogP contribution in [0.1, 0.15) is 0 Å². The van der Waals surface area contributed by atoms with E-state index < -0.39 is 44.9 Å². The van der Waals surface area contributed by atoms with Gasteiger partial charge in [-0.05, 0) is 12.1 Å². The average molecular weight is 339 g/mol. The van der Waals surface area contributed by atoms with Crippen molar-refractivity contribution in [2.75, 3.05) is 13.1 Å². The lowest BCUT2D eigenvalue weighted by atomic mass is 10.3. The van der Waals surface area contributed by atoms with Gasteiger partial charge in [0.05, 0.1) is 22.9 Å². The number of sulfonamides is 1. The van der Waals surface area contributed by atoms with Crippen molar-refractivity contribution >= 4 is 21.8 Å². The largest absolute Gasteiger partial charge is 0.465 e. The summed E-state index contributed by atoms with van der Waals surface area (Å²) in [5, 5.41) is 20.1. The first-order valence-electron chi connectivity index (χ1n) is 5.62. The van der Waals surface area contributed by atoms with Gasteiger partial charge in [0.2, 0.25) is 10.0 Å². The highest BCUT2D eigenvalue weighted by atomic mass is 32.2. The Morgan fingerprint density at radius 1 is 1.27 bits per heavy atom. The molecule has 0 fully saturated rings. The molecule has 0 radical (unpaired) electrons. The van der Waals surface area contributed by atoms with Crippen LogP contribution < -0.4 is 10.0 Å². The number of alkyl halides is 2. The summed E-state index contributed by atoms with van der Waals surface area (Å²) in [7, 11) is -4.30. The second kappa shape index (κ2) is 6.62. The topological polar surface area (TPSA) is 139 Å². The van der Waals surface area contributed by atoms with Crippen LogP contribution >= 0.6 is 0 Å². The van der Waals surface area contributed by atoms with Crippen LogP contribution in [0, 0.1) is 10.1 Å². The molecule has 0 heterocycles. The van der Waals surface area contributed by atoms with Crippen molar-refractivity contribution in [3.8, 4) is 0 Å². The highest BCUT2D eigenvalue weighted by Gasteiger charge is 2.31. The summed E-state index contributed by atoms with van der Waals surface area (Å²) in [5.41, 5.74) is -0.352. The lowest BCUT2D eigenvalue weighted by Gasteiger charge is -2.16. The van der Waals surface area contributed by atoms with E-state index in [1.54, 1.807) is 4.72 Å². The maximum Gasteiger partial charge on any atom is 0.404 e. The van der Waals surface area contributed by atoms with Crippen molar-refractivity contribution in [3.63, 3.8) is 0 Å². The molecule has 3 N–H and O–H groups in total. The molecule has 0 spiro atoms. The van der Waals surface area contributed by atoms with Crippen molar-refractivity contribution < 1.29 is 32.0 Å². The number of nitrogens with zero attached hydrogens (tertiary/aromatic N) is 1. The molecule has 22 heavy (non-hydrogen) atoms. The van der Waals surface area contributed by atoms with E-state index in [0.717, 1.165) is 24.3 Å². The van der Waals surface area contributed by atoms with E-state index in [4.69, 9.17) is 5.11 Å². The normalized spacial score (nSPS) is 11.9. The molecule has 0 aromatic heterocycles. The number of amides is 1. The van der Waals surface area contributed by atoms with Crippen LogP contribution in [0.15, 0.2) is 29.2 Å². The Labute approximate surface area is 123 Å². The Bertz CT molecular complexity index is 662. The third kappa shape index (κ3) is 5.21. The summed E-state index contributed by atoms with van der Waals surface area (Å²) in [6, 6.07) is 3.62. The minimum absolute atomic E-state index is 0.352. The van der Waals surface area contributed by atoms with Gasteiger partial charge in [-0.2, -0.15) is 0 Å². The van der Waals surface area contributed by atoms with Gasteiger partial charge in [0.1, 0.15) is 0 Å². The lowest BCUT2D eigenvalue weighted by Crippen LogP contribution is -2.44. The number of nitro benzene ring substituents is 1. The number of halogens is 2. The molecule has 0 aliphatic rings. The van der Waals surface area contributed by atoms with E-state index in [9.17, 15) is 32.1 Å². The molecule has 0 aliphatic heterocycles. The van der Waals surface area contributed by atoms with Gasteiger partial charge in [0.25, 0.3) is 11.6 Å². The summed E-state index contributed by atoms with van der Waals surface area (Å²) < 4.78 is 51.6. The average Bonchev–Trinajstić information content (AvgIpc) is 2.44. The van der Waals surface area contributed by atoms with E-state index in [0.29, 0.717) is 0 Å². The van der Waals surface area contributed by atoms with Gasteiger partial charge in [0, 0.05) is 12.1 Å². The molecule has 12 heteroatoms. The van der Waals surface area contributed by atoms with Crippen molar-refractivity contribution in [2.24, 2.45) is 0 Å². The van der Waals surface area contributed by atoms with Crippen LogP contribution in [-0.4, -0.2) is 43.6 Å². The van der Waals surface area contributed by atoms with E-state index in [1.165, 1.54) is 5.32 Å². The summed E-state index contributed by atoms with van der Waals surface area (Å²) in [5.74, 6) is -3.63. The molecule has 1 rings (SSSR count). The monoisotopic (exact) mass is 339 g/mol. The standard InChI is InChI=1S/C10H11F2N3O6S/c11-10(12,5-13-9(16)17)6-14-22(20,21)8-3-1-7(2-4-8)15(18)19/h1-4,13-14H,5-6H2,(H,16,17). The third-order valence-electron chi connectivity index (χ3n) is 2.38. The summed E-state index contributed by atoms with van der Waals surface area (Å²) in [4.78, 5) is 19.4. The van der Waals surface area contributed by atoms with Gasteiger partial charge < -0.3 is 10.4 Å². The fourth-order valence-corrected chi connectivity index (χ4v) is 2.36. The predicted octanol–water partition coefficient (Wildman–Crippen LogP) is 0.776. The van der Waals surface area contributed by atoms with Crippen LogP contribution in [0.2, 0.25) is 0 Å². The zero-order chi connectivity index (χ0) is 17.0. The summed E-state index contributed by atoms with van der Waals surface area (Å²) in [6.07, 6.45) is -1.67. The fourth-order valence-electron chi connectivity index (χ4n) is 1.30. The van der Waals surface area contributed by atoms with Gasteiger partial charge in [-0.15, -0.1) is 0 Å². The number of carbonyl (C=O) groups is 1. The predicted molar refractivity (Wildman–Crippen MR) is 69.3 cm³/mol. The van der Waals surface area contributed by atoms with Crippen molar-refractivity contribution in [3.05, 3.63) is 34.4 Å². The maximum atomic E-state index is 13.3. The SMILES string of the molecule is O=C(O)NCC(F)(F)CNS(=O)(=O)c1ccc([N+](=O)[O-])cc1. The van der Waals surface area contributed by atoms with Crippen LogP contribution in [0.3, 0.4) is 0 Å². The zero-order valence-electron chi connectivity index (χ0n) is 10.8. The fraction of sp³-hybridized carbons (Fsp3) is 0.300. The Hall–Kier alpha value is -2.34. The van der Waals surface area contributed by atoms with Gasteiger partial charge in [0.15, 0.2) is 0 Å². The number of hydrogen-bond acceptors (Lipinski definition) is 5. The minimum Gasteiger partial charge on any atom is -0.465 e. The molecule has 0 saturated heterocycles. The van der Waals surface area contributed by atoms with Crippen molar-refractivity contribution in [2.45, 2.75) is 10.8 Å². The minimum atomic E-state index is -4.30. The van der Waals surface area contributed by atoms with Crippen molar-refractivity contribution in [1.29, 1.82) is 0 Å². The highest BCUT2D eigenvalue weighted by Crippen LogP contribution is 2.17. The first-order chi connectivity index (χ1) is 10.0. The Balaban J connectivity index is 2.74. The molecule has 0 atom stereocenters.